The zero-order valence-electron chi connectivity index (χ0n) is 13.7. The van der Waals surface area contributed by atoms with Gasteiger partial charge in [-0.2, -0.15) is 0 Å². The number of para-hydroxylation sites is 1. The second-order valence-electron chi connectivity index (χ2n) is 5.88. The topological polar surface area (TPSA) is 72.8 Å². The Kier molecular flexibility index (Phi) is 4.03. The predicted molar refractivity (Wildman–Crippen MR) is 90.9 cm³/mol. The highest BCUT2D eigenvalue weighted by molar-refractivity contribution is 5.97. The maximum atomic E-state index is 12.9. The number of rotatable bonds is 3. The maximum Gasteiger partial charge on any atom is 0.279 e. The highest BCUT2D eigenvalue weighted by atomic mass is 16.3. The summed E-state index contributed by atoms with van der Waals surface area (Å²) in [7, 11) is 0. The van der Waals surface area contributed by atoms with Gasteiger partial charge >= 0.3 is 0 Å². The Morgan fingerprint density at radius 1 is 1.17 bits per heavy atom. The molecule has 0 bridgehead atoms. The first-order chi connectivity index (χ1) is 11.5. The summed E-state index contributed by atoms with van der Waals surface area (Å²) in [6.07, 6.45) is 2.27. The largest absolute Gasteiger partial charge is 0.507 e. The lowest BCUT2D eigenvalue weighted by molar-refractivity contribution is -0.0605. The molecule has 0 spiro atoms. The van der Waals surface area contributed by atoms with Gasteiger partial charge < -0.3 is 10.2 Å². The number of aromatic hydroxyl groups is 1. The molecule has 0 fully saturated rings. The van der Waals surface area contributed by atoms with Crippen LogP contribution in [0.5, 0.6) is 5.75 Å². The minimum Gasteiger partial charge on any atom is -0.507 e. The van der Waals surface area contributed by atoms with E-state index in [1.807, 2.05) is 26.0 Å². The van der Waals surface area contributed by atoms with Crippen molar-refractivity contribution < 1.29 is 15.0 Å². The lowest BCUT2D eigenvalue weighted by Crippen LogP contribution is -2.50. The summed E-state index contributed by atoms with van der Waals surface area (Å²) in [4.78, 5) is 12.9. The number of carbonyl (C=O) groups is 1. The summed E-state index contributed by atoms with van der Waals surface area (Å²) in [5.41, 5.74) is 3.84. The number of hydrogen-bond donors (Lipinski definition) is 3. The van der Waals surface area contributed by atoms with Gasteiger partial charge in [0.25, 0.3) is 5.91 Å². The van der Waals surface area contributed by atoms with Crippen molar-refractivity contribution in [3.05, 3.63) is 77.0 Å². The smallest absolute Gasteiger partial charge is 0.279 e. The highest BCUT2D eigenvalue weighted by Crippen LogP contribution is 2.35. The first kappa shape index (κ1) is 16.1. The van der Waals surface area contributed by atoms with Crippen LogP contribution in [0.2, 0.25) is 0 Å². The molecule has 1 amide bonds. The van der Waals surface area contributed by atoms with Crippen LogP contribution in [0.15, 0.2) is 60.3 Å². The minimum absolute atomic E-state index is 0.125. The molecule has 24 heavy (non-hydrogen) atoms. The van der Waals surface area contributed by atoms with E-state index in [-0.39, 0.29) is 11.3 Å². The van der Waals surface area contributed by atoms with Crippen molar-refractivity contribution in [2.45, 2.75) is 26.0 Å². The van der Waals surface area contributed by atoms with Crippen LogP contribution in [-0.4, -0.2) is 21.1 Å². The Labute approximate surface area is 140 Å². The fourth-order valence-electron chi connectivity index (χ4n) is 2.74. The van der Waals surface area contributed by atoms with Crippen LogP contribution in [0.25, 0.3) is 0 Å². The number of allylic oxidation sites excluding steroid dienone is 1. The van der Waals surface area contributed by atoms with Crippen molar-refractivity contribution in [2.24, 2.45) is 0 Å². The fourth-order valence-corrected chi connectivity index (χ4v) is 2.74. The van der Waals surface area contributed by atoms with Crippen LogP contribution in [0.1, 0.15) is 34.8 Å². The van der Waals surface area contributed by atoms with Gasteiger partial charge in [0.2, 0.25) is 5.72 Å². The molecule has 0 aromatic heterocycles. The molecular formula is C19H20N2O3. The van der Waals surface area contributed by atoms with Crippen LogP contribution in [0, 0.1) is 6.92 Å². The Morgan fingerprint density at radius 3 is 2.46 bits per heavy atom. The third kappa shape index (κ3) is 2.63. The van der Waals surface area contributed by atoms with Gasteiger partial charge in [0, 0.05) is 11.3 Å². The van der Waals surface area contributed by atoms with Crippen molar-refractivity contribution in [3.8, 4) is 5.75 Å². The monoisotopic (exact) mass is 324 g/mol. The van der Waals surface area contributed by atoms with Crippen molar-refractivity contribution in [2.75, 3.05) is 0 Å². The number of nitrogens with one attached hydrogen (secondary N) is 1. The quantitative estimate of drug-likeness (QED) is 0.812. The molecule has 3 rings (SSSR count). The molecule has 1 aliphatic heterocycles. The van der Waals surface area contributed by atoms with Crippen LogP contribution in [-0.2, 0) is 5.72 Å². The van der Waals surface area contributed by atoms with Gasteiger partial charge in [0.05, 0.1) is 5.56 Å². The lowest BCUT2D eigenvalue weighted by Gasteiger charge is -2.33. The summed E-state index contributed by atoms with van der Waals surface area (Å²) in [6, 6.07) is 13.6. The molecule has 0 unspecified atom stereocenters. The number of amides is 1. The minimum atomic E-state index is -1.61. The normalized spacial score (nSPS) is 19.8. The molecule has 1 aliphatic rings. The zero-order chi connectivity index (χ0) is 17.3. The number of aryl methyl sites for hydroxylation is 1. The molecule has 0 saturated carbocycles. The lowest BCUT2D eigenvalue weighted by atomic mass is 9.99. The molecule has 0 aliphatic carbocycles. The van der Waals surface area contributed by atoms with Crippen LogP contribution >= 0.6 is 0 Å². The second kappa shape index (κ2) is 6.02. The number of phenolic OH excluding ortho intramolecular Hbond substituents is 1. The number of carbonyl (C=O) groups excluding carboxylic acids is 1. The van der Waals surface area contributed by atoms with E-state index in [4.69, 9.17) is 0 Å². The number of nitrogens with zero attached hydrogens (tertiary/aromatic N) is 1. The van der Waals surface area contributed by atoms with Crippen LogP contribution in [0.3, 0.4) is 0 Å². The van der Waals surface area contributed by atoms with E-state index in [0.29, 0.717) is 12.0 Å². The zero-order valence-corrected chi connectivity index (χ0v) is 13.7. The van der Waals surface area contributed by atoms with E-state index in [9.17, 15) is 15.0 Å². The Morgan fingerprint density at radius 2 is 1.83 bits per heavy atom. The molecular weight excluding hydrogens is 304 g/mol. The Bertz CT molecular complexity index is 799. The van der Waals surface area contributed by atoms with Gasteiger partial charge in [0.1, 0.15) is 5.75 Å². The molecule has 3 N–H and O–H groups in total. The molecule has 0 radical (unpaired) electrons. The van der Waals surface area contributed by atoms with E-state index in [1.165, 1.54) is 12.1 Å². The van der Waals surface area contributed by atoms with E-state index in [2.05, 4.69) is 5.43 Å². The van der Waals surface area contributed by atoms with Crippen LogP contribution in [0.4, 0.5) is 0 Å². The summed E-state index contributed by atoms with van der Waals surface area (Å²) in [5.74, 6) is -0.628. The molecule has 1 heterocycles. The van der Waals surface area contributed by atoms with Crippen molar-refractivity contribution >= 4 is 5.91 Å². The third-order valence-electron chi connectivity index (χ3n) is 4.17. The van der Waals surface area contributed by atoms with Gasteiger partial charge in [-0.1, -0.05) is 48.9 Å². The predicted octanol–water partition coefficient (Wildman–Crippen LogP) is 2.80. The summed E-state index contributed by atoms with van der Waals surface area (Å²) < 4.78 is 0. The van der Waals surface area contributed by atoms with Gasteiger partial charge in [0.15, 0.2) is 0 Å². The van der Waals surface area contributed by atoms with Gasteiger partial charge in [-0.15, -0.1) is 0 Å². The summed E-state index contributed by atoms with van der Waals surface area (Å²) >= 11 is 0. The molecule has 2 aromatic carbocycles. The highest BCUT2D eigenvalue weighted by Gasteiger charge is 2.43. The molecule has 5 heteroatoms. The number of benzene rings is 2. The van der Waals surface area contributed by atoms with Crippen LogP contribution < -0.4 is 5.43 Å². The first-order valence-corrected chi connectivity index (χ1v) is 7.86. The molecule has 1 atom stereocenters. The Balaban J connectivity index is 2.05. The standard InChI is InChI=1S/C19H20N2O3/c1-3-15-12-19(24,14-10-8-13(2)9-11-14)21(20-15)18(23)16-6-4-5-7-17(16)22/h4-12,20,22,24H,3H2,1-2H3/t19-/m1/s1. The summed E-state index contributed by atoms with van der Waals surface area (Å²) in [5, 5.41) is 22.3. The van der Waals surface area contributed by atoms with Crippen molar-refractivity contribution in [1.82, 2.24) is 10.4 Å². The molecule has 5 nitrogen and oxygen atoms in total. The molecule has 124 valence electrons. The fraction of sp³-hybridized carbons (Fsp3) is 0.211. The van der Waals surface area contributed by atoms with Crippen molar-refractivity contribution in [3.63, 3.8) is 0 Å². The number of hydrogen-bond acceptors (Lipinski definition) is 4. The van der Waals surface area contributed by atoms with Gasteiger partial charge in [-0.25, -0.2) is 5.01 Å². The molecule has 0 saturated heterocycles. The third-order valence-corrected chi connectivity index (χ3v) is 4.17. The number of aliphatic hydroxyl groups is 1. The second-order valence-corrected chi connectivity index (χ2v) is 5.88. The SMILES string of the molecule is CCC1=C[C@@](O)(c2ccc(C)cc2)N(C(=O)c2ccccc2O)N1. The maximum absolute atomic E-state index is 12.9. The van der Waals surface area contributed by atoms with E-state index in [1.54, 1.807) is 30.3 Å². The molecule has 2 aromatic rings. The van der Waals surface area contributed by atoms with Gasteiger partial charge in [-0.3, -0.25) is 10.2 Å². The van der Waals surface area contributed by atoms with Gasteiger partial charge in [-0.05, 0) is 31.6 Å². The van der Waals surface area contributed by atoms with E-state index >= 15 is 0 Å². The van der Waals surface area contributed by atoms with Crippen molar-refractivity contribution in [1.29, 1.82) is 0 Å². The number of hydrazine groups is 1. The first-order valence-electron chi connectivity index (χ1n) is 7.86. The van der Waals surface area contributed by atoms with E-state index < -0.39 is 11.6 Å². The number of phenols is 1. The Hall–Kier alpha value is -2.79. The summed E-state index contributed by atoms with van der Waals surface area (Å²) in [6.45, 7) is 3.89. The average molecular weight is 324 g/mol. The van der Waals surface area contributed by atoms with E-state index in [0.717, 1.165) is 16.3 Å². The average Bonchev–Trinajstić information content (AvgIpc) is 2.93.